The summed E-state index contributed by atoms with van der Waals surface area (Å²) in [5, 5.41) is 3.97. The zero-order valence-corrected chi connectivity index (χ0v) is 16.1. The Labute approximate surface area is 163 Å². The maximum Gasteiger partial charge on any atom is 0.267 e. The molecule has 5 nitrogen and oxygen atoms in total. The molecule has 1 aromatic heterocycles. The number of aromatic nitrogens is 2. The molecule has 0 unspecified atom stereocenters. The largest absolute Gasteiger partial charge is 0.335 e. The van der Waals surface area contributed by atoms with E-state index in [2.05, 4.69) is 63.0 Å². The summed E-state index contributed by atoms with van der Waals surface area (Å²) in [6.07, 6.45) is 0. The summed E-state index contributed by atoms with van der Waals surface area (Å²) in [5.74, 6) is 0.0538. The molecule has 27 heavy (non-hydrogen) atoms. The molecule has 1 saturated heterocycles. The van der Waals surface area contributed by atoms with Gasteiger partial charge < -0.3 is 4.90 Å². The highest BCUT2D eigenvalue weighted by molar-refractivity contribution is 7.07. The topological polar surface area (TPSA) is 49.3 Å². The zero-order chi connectivity index (χ0) is 18.6. The zero-order valence-electron chi connectivity index (χ0n) is 15.3. The third kappa shape index (κ3) is 3.77. The summed E-state index contributed by atoms with van der Waals surface area (Å²) in [6.45, 7) is 4.95. The van der Waals surface area contributed by atoms with Crippen LogP contribution in [0.2, 0.25) is 0 Å². The minimum Gasteiger partial charge on any atom is -0.335 e. The number of benzene rings is 2. The Bertz CT molecular complexity index is 849. The van der Waals surface area contributed by atoms with Gasteiger partial charge in [-0.15, -0.1) is 5.10 Å². The molecule has 0 aliphatic carbocycles. The van der Waals surface area contributed by atoms with Gasteiger partial charge in [0.25, 0.3) is 5.91 Å². The number of carbonyl (C=O) groups excluding carboxylic acids is 1. The second-order valence-electron chi connectivity index (χ2n) is 6.74. The van der Waals surface area contributed by atoms with E-state index in [0.717, 1.165) is 18.8 Å². The van der Waals surface area contributed by atoms with Crippen molar-refractivity contribution in [3.8, 4) is 0 Å². The van der Waals surface area contributed by atoms with E-state index in [0.29, 0.717) is 18.0 Å². The van der Waals surface area contributed by atoms with E-state index in [4.69, 9.17) is 0 Å². The van der Waals surface area contributed by atoms with E-state index in [1.54, 1.807) is 0 Å². The Morgan fingerprint density at radius 1 is 0.926 bits per heavy atom. The van der Waals surface area contributed by atoms with Gasteiger partial charge in [-0.2, -0.15) is 0 Å². The summed E-state index contributed by atoms with van der Waals surface area (Å²) in [6, 6.07) is 21.4. The Morgan fingerprint density at radius 3 is 1.96 bits per heavy atom. The molecular formula is C21H22N4OS. The lowest BCUT2D eigenvalue weighted by atomic mass is 9.96. The van der Waals surface area contributed by atoms with Crippen molar-refractivity contribution >= 4 is 17.4 Å². The standard InChI is InChI=1S/C21H22N4OS/c1-16-20(27-23-22-16)21(26)25-14-12-24(13-15-25)19(17-8-4-2-5-9-17)18-10-6-3-7-11-18/h2-11,19H,12-15H2,1H3. The highest BCUT2D eigenvalue weighted by Gasteiger charge is 2.29. The Morgan fingerprint density at radius 2 is 1.48 bits per heavy atom. The van der Waals surface area contributed by atoms with E-state index in [1.807, 2.05) is 24.0 Å². The molecule has 0 saturated carbocycles. The summed E-state index contributed by atoms with van der Waals surface area (Å²) in [5.41, 5.74) is 3.29. The Balaban J connectivity index is 1.52. The van der Waals surface area contributed by atoms with Gasteiger partial charge in [-0.05, 0) is 29.6 Å². The first-order chi connectivity index (χ1) is 13.2. The first-order valence-corrected chi connectivity index (χ1v) is 9.93. The normalized spacial score (nSPS) is 15.3. The molecule has 2 heterocycles. The molecule has 138 valence electrons. The SMILES string of the molecule is Cc1nnsc1C(=O)N1CCN(C(c2ccccc2)c2ccccc2)CC1. The molecule has 1 aliphatic rings. The molecule has 6 heteroatoms. The van der Waals surface area contributed by atoms with Gasteiger partial charge in [0, 0.05) is 26.2 Å². The molecule has 0 spiro atoms. The van der Waals surface area contributed by atoms with E-state index in [1.165, 1.54) is 22.7 Å². The van der Waals surface area contributed by atoms with Gasteiger partial charge in [-0.25, -0.2) is 0 Å². The number of nitrogens with zero attached hydrogens (tertiary/aromatic N) is 4. The summed E-state index contributed by atoms with van der Waals surface area (Å²) < 4.78 is 3.89. The van der Waals surface area contributed by atoms with Crippen LogP contribution in [-0.4, -0.2) is 51.5 Å². The van der Waals surface area contributed by atoms with Gasteiger partial charge >= 0.3 is 0 Å². The van der Waals surface area contributed by atoms with Crippen LogP contribution in [0.1, 0.15) is 32.5 Å². The number of hydrogen-bond acceptors (Lipinski definition) is 5. The van der Waals surface area contributed by atoms with Gasteiger partial charge in [-0.1, -0.05) is 65.2 Å². The molecule has 0 atom stereocenters. The number of hydrogen-bond donors (Lipinski definition) is 0. The summed E-state index contributed by atoms with van der Waals surface area (Å²) in [7, 11) is 0. The monoisotopic (exact) mass is 378 g/mol. The fourth-order valence-corrected chi connectivity index (χ4v) is 4.26. The molecule has 1 fully saturated rings. The second-order valence-corrected chi connectivity index (χ2v) is 7.49. The molecule has 3 aromatic rings. The highest BCUT2D eigenvalue weighted by Crippen LogP contribution is 2.29. The molecular weight excluding hydrogens is 356 g/mol. The van der Waals surface area contributed by atoms with Gasteiger partial charge in [0.1, 0.15) is 4.88 Å². The average Bonchev–Trinajstić information content (AvgIpc) is 3.16. The van der Waals surface area contributed by atoms with Crippen molar-refractivity contribution in [1.82, 2.24) is 19.4 Å². The molecule has 1 aliphatic heterocycles. The van der Waals surface area contributed by atoms with Crippen LogP contribution in [0.15, 0.2) is 60.7 Å². The first kappa shape index (κ1) is 17.8. The molecule has 1 amide bonds. The number of aryl methyl sites for hydroxylation is 1. The maximum atomic E-state index is 12.7. The molecule has 0 N–H and O–H groups in total. The summed E-state index contributed by atoms with van der Waals surface area (Å²) >= 11 is 1.19. The van der Waals surface area contributed by atoms with Gasteiger partial charge in [0.05, 0.1) is 11.7 Å². The first-order valence-electron chi connectivity index (χ1n) is 9.16. The second kappa shape index (κ2) is 7.98. The smallest absolute Gasteiger partial charge is 0.267 e. The number of carbonyl (C=O) groups is 1. The van der Waals surface area contributed by atoms with Gasteiger partial charge in [-0.3, -0.25) is 9.69 Å². The average molecular weight is 379 g/mol. The van der Waals surface area contributed by atoms with Gasteiger partial charge in [0.2, 0.25) is 0 Å². The van der Waals surface area contributed by atoms with Gasteiger partial charge in [0.15, 0.2) is 0 Å². The van der Waals surface area contributed by atoms with Crippen molar-refractivity contribution in [2.75, 3.05) is 26.2 Å². The fraction of sp³-hybridized carbons (Fsp3) is 0.286. The van der Waals surface area contributed by atoms with Crippen LogP contribution in [0.25, 0.3) is 0 Å². The number of piperazine rings is 1. The van der Waals surface area contributed by atoms with E-state index >= 15 is 0 Å². The summed E-state index contributed by atoms with van der Waals surface area (Å²) in [4.78, 5) is 17.8. The van der Waals surface area contributed by atoms with Crippen LogP contribution in [0, 0.1) is 6.92 Å². The third-order valence-electron chi connectivity index (χ3n) is 5.04. The Hall–Kier alpha value is -2.57. The minimum atomic E-state index is 0.0538. The minimum absolute atomic E-state index is 0.0538. The van der Waals surface area contributed by atoms with Crippen LogP contribution in [0.4, 0.5) is 0 Å². The lowest BCUT2D eigenvalue weighted by Crippen LogP contribution is -2.49. The van der Waals surface area contributed by atoms with E-state index < -0.39 is 0 Å². The number of amides is 1. The van der Waals surface area contributed by atoms with Crippen molar-refractivity contribution < 1.29 is 4.79 Å². The number of rotatable bonds is 4. The van der Waals surface area contributed by atoms with E-state index in [9.17, 15) is 4.79 Å². The highest BCUT2D eigenvalue weighted by atomic mass is 32.1. The quantitative estimate of drug-likeness (QED) is 0.698. The third-order valence-corrected chi connectivity index (χ3v) is 5.86. The lowest BCUT2D eigenvalue weighted by molar-refractivity contribution is 0.0601. The van der Waals surface area contributed by atoms with Crippen molar-refractivity contribution in [2.24, 2.45) is 0 Å². The van der Waals surface area contributed by atoms with Crippen molar-refractivity contribution in [2.45, 2.75) is 13.0 Å². The van der Waals surface area contributed by atoms with Crippen molar-refractivity contribution in [3.05, 3.63) is 82.4 Å². The van der Waals surface area contributed by atoms with Crippen molar-refractivity contribution in [3.63, 3.8) is 0 Å². The van der Waals surface area contributed by atoms with Crippen LogP contribution < -0.4 is 0 Å². The molecule has 2 aromatic carbocycles. The predicted octanol–water partition coefficient (Wildman–Crippen LogP) is 3.39. The molecule has 0 radical (unpaired) electrons. The van der Waals surface area contributed by atoms with Crippen LogP contribution in [-0.2, 0) is 0 Å². The Kier molecular flexibility index (Phi) is 5.27. The van der Waals surface area contributed by atoms with Crippen LogP contribution in [0.5, 0.6) is 0 Å². The predicted molar refractivity (Wildman–Crippen MR) is 107 cm³/mol. The van der Waals surface area contributed by atoms with E-state index in [-0.39, 0.29) is 11.9 Å². The lowest BCUT2D eigenvalue weighted by Gasteiger charge is -2.39. The fourth-order valence-electron chi connectivity index (χ4n) is 3.64. The maximum absolute atomic E-state index is 12.7. The van der Waals surface area contributed by atoms with Crippen LogP contribution in [0.3, 0.4) is 0 Å². The van der Waals surface area contributed by atoms with Crippen molar-refractivity contribution in [1.29, 1.82) is 0 Å². The molecule has 0 bridgehead atoms. The van der Waals surface area contributed by atoms with Crippen LogP contribution >= 0.6 is 11.5 Å². The molecule has 4 rings (SSSR count).